The average Bonchev–Trinajstić information content (AvgIpc) is 2.49. The maximum absolute atomic E-state index is 3.88. The van der Waals surface area contributed by atoms with Crippen LogP contribution >= 0.6 is 0 Å². The van der Waals surface area contributed by atoms with E-state index in [-0.39, 0.29) is 0 Å². The Balaban J connectivity index is 1.57. The van der Waals surface area contributed by atoms with E-state index < -0.39 is 0 Å². The van der Waals surface area contributed by atoms with Gasteiger partial charge < -0.3 is 16.0 Å². The molecular weight excluding hydrogens is 222 g/mol. The Hall–Kier alpha value is -0.800. The van der Waals surface area contributed by atoms with E-state index in [0.29, 0.717) is 24.2 Å². The molecular formula is C15H25N3. The quantitative estimate of drug-likeness (QED) is 0.695. The van der Waals surface area contributed by atoms with E-state index in [1.54, 1.807) is 0 Å². The minimum atomic E-state index is 0.474. The summed E-state index contributed by atoms with van der Waals surface area (Å²) >= 11 is 0. The van der Waals surface area contributed by atoms with E-state index in [0.717, 1.165) is 0 Å². The van der Waals surface area contributed by atoms with Gasteiger partial charge in [-0.15, -0.1) is 0 Å². The highest BCUT2D eigenvalue weighted by Gasteiger charge is 2.31. The second-order valence-corrected chi connectivity index (χ2v) is 5.80. The summed E-state index contributed by atoms with van der Waals surface area (Å²) in [4.78, 5) is 0. The molecule has 3 N–H and O–H groups in total. The number of piperidine rings is 2. The van der Waals surface area contributed by atoms with Gasteiger partial charge >= 0.3 is 0 Å². The predicted molar refractivity (Wildman–Crippen MR) is 75.4 cm³/mol. The number of hydrogen-bond acceptors (Lipinski definition) is 3. The van der Waals surface area contributed by atoms with Crippen molar-refractivity contribution in [3.8, 4) is 0 Å². The van der Waals surface area contributed by atoms with Crippen LogP contribution in [0.4, 0.5) is 0 Å². The summed E-state index contributed by atoms with van der Waals surface area (Å²) in [6.45, 7) is 1.21. The molecule has 2 saturated heterocycles. The summed E-state index contributed by atoms with van der Waals surface area (Å²) in [6.07, 6.45) is 16.6. The smallest absolute Gasteiger partial charge is 0.0595 e. The van der Waals surface area contributed by atoms with Gasteiger partial charge in [0.05, 0.1) is 6.04 Å². The van der Waals surface area contributed by atoms with Crippen LogP contribution in [0.2, 0.25) is 0 Å². The molecule has 0 spiro atoms. The van der Waals surface area contributed by atoms with Crippen LogP contribution in [0, 0.1) is 0 Å². The highest BCUT2D eigenvalue weighted by Crippen LogP contribution is 2.22. The summed E-state index contributed by atoms with van der Waals surface area (Å²) in [5.41, 5.74) is 0. The van der Waals surface area contributed by atoms with Crippen LogP contribution in [-0.4, -0.2) is 30.7 Å². The molecule has 0 aromatic carbocycles. The lowest BCUT2D eigenvalue weighted by molar-refractivity contribution is 0.223. The molecule has 0 aromatic rings. The van der Waals surface area contributed by atoms with E-state index in [1.165, 1.54) is 45.1 Å². The summed E-state index contributed by atoms with van der Waals surface area (Å²) in [6, 6.07) is 2.44. The number of hydrogen-bond donors (Lipinski definition) is 3. The summed E-state index contributed by atoms with van der Waals surface area (Å²) in [5.74, 6) is 0. The van der Waals surface area contributed by atoms with Crippen molar-refractivity contribution in [2.24, 2.45) is 0 Å². The van der Waals surface area contributed by atoms with Crippen LogP contribution in [0.3, 0.4) is 0 Å². The summed E-state index contributed by atoms with van der Waals surface area (Å²) in [7, 11) is 0. The first-order chi connectivity index (χ1) is 8.93. The second kappa shape index (κ2) is 5.89. The Morgan fingerprint density at radius 1 is 0.833 bits per heavy atom. The van der Waals surface area contributed by atoms with E-state index in [2.05, 4.69) is 40.4 Å². The van der Waals surface area contributed by atoms with Crippen molar-refractivity contribution in [2.45, 2.75) is 62.7 Å². The van der Waals surface area contributed by atoms with Gasteiger partial charge in [0, 0.05) is 18.1 Å². The van der Waals surface area contributed by atoms with Gasteiger partial charge in [0.25, 0.3) is 0 Å². The fourth-order valence-corrected chi connectivity index (χ4v) is 3.53. The van der Waals surface area contributed by atoms with Crippen molar-refractivity contribution in [3.63, 3.8) is 0 Å². The molecule has 100 valence electrons. The average molecular weight is 247 g/mol. The molecule has 3 heterocycles. The summed E-state index contributed by atoms with van der Waals surface area (Å²) in [5, 5.41) is 11.0. The molecule has 0 bridgehead atoms. The van der Waals surface area contributed by atoms with Crippen molar-refractivity contribution in [1.82, 2.24) is 16.0 Å². The molecule has 0 amide bonds. The molecule has 3 aliphatic rings. The largest absolute Gasteiger partial charge is 0.383 e. The molecule has 4 unspecified atom stereocenters. The summed E-state index contributed by atoms with van der Waals surface area (Å²) < 4.78 is 0. The van der Waals surface area contributed by atoms with Crippen molar-refractivity contribution in [3.05, 3.63) is 24.4 Å². The molecule has 3 heteroatoms. The molecule has 0 radical (unpaired) electrons. The van der Waals surface area contributed by atoms with E-state index in [1.807, 2.05) is 0 Å². The zero-order chi connectivity index (χ0) is 12.2. The van der Waals surface area contributed by atoms with Gasteiger partial charge in [-0.05, 0) is 44.5 Å². The highest BCUT2D eigenvalue weighted by atomic mass is 15.1. The van der Waals surface area contributed by atoms with Gasteiger partial charge in [0.2, 0.25) is 0 Å². The van der Waals surface area contributed by atoms with Crippen molar-refractivity contribution in [1.29, 1.82) is 0 Å². The third-order valence-electron chi connectivity index (χ3n) is 4.54. The van der Waals surface area contributed by atoms with Crippen LogP contribution in [0.25, 0.3) is 0 Å². The van der Waals surface area contributed by atoms with Gasteiger partial charge in [-0.3, -0.25) is 0 Å². The van der Waals surface area contributed by atoms with Crippen LogP contribution in [0.5, 0.6) is 0 Å². The van der Waals surface area contributed by atoms with E-state index >= 15 is 0 Å². The minimum absolute atomic E-state index is 0.474. The number of allylic oxidation sites excluding steroid dienone is 2. The SMILES string of the molecule is C1=CNC(C2CCCC(C3CCCCN3)N2)C=C1. The Morgan fingerprint density at radius 2 is 1.72 bits per heavy atom. The standard InChI is InChI=1S/C15H25N3/c1-3-10-16-12(6-1)14-8-5-9-15(18-14)13-7-2-4-11-17-13/h1,3,6,10,12-18H,2,4-5,7-9,11H2. The van der Waals surface area contributed by atoms with Crippen LogP contribution in [-0.2, 0) is 0 Å². The van der Waals surface area contributed by atoms with E-state index in [4.69, 9.17) is 0 Å². The minimum Gasteiger partial charge on any atom is -0.383 e. The Morgan fingerprint density at radius 3 is 2.50 bits per heavy atom. The zero-order valence-electron chi connectivity index (χ0n) is 11.1. The van der Waals surface area contributed by atoms with Crippen molar-refractivity contribution < 1.29 is 0 Å². The first kappa shape index (κ1) is 12.2. The van der Waals surface area contributed by atoms with E-state index in [9.17, 15) is 0 Å². The number of rotatable bonds is 2. The fraction of sp³-hybridized carbons (Fsp3) is 0.733. The highest BCUT2D eigenvalue weighted by molar-refractivity contribution is 5.15. The number of dihydropyridines is 1. The van der Waals surface area contributed by atoms with Gasteiger partial charge in [-0.1, -0.05) is 25.0 Å². The second-order valence-electron chi connectivity index (χ2n) is 5.80. The Kier molecular flexibility index (Phi) is 4.01. The molecule has 18 heavy (non-hydrogen) atoms. The molecule has 0 aromatic heterocycles. The van der Waals surface area contributed by atoms with Gasteiger partial charge in [-0.2, -0.15) is 0 Å². The molecule has 3 nitrogen and oxygen atoms in total. The lowest BCUT2D eigenvalue weighted by Crippen LogP contribution is -2.59. The maximum atomic E-state index is 3.88. The lowest BCUT2D eigenvalue weighted by Gasteiger charge is -2.40. The normalized spacial score (nSPS) is 40.4. The first-order valence-electron chi connectivity index (χ1n) is 7.52. The molecule has 0 saturated carbocycles. The molecule has 4 atom stereocenters. The zero-order valence-corrected chi connectivity index (χ0v) is 11.1. The van der Waals surface area contributed by atoms with Gasteiger partial charge in [-0.25, -0.2) is 0 Å². The van der Waals surface area contributed by atoms with Crippen molar-refractivity contribution in [2.75, 3.05) is 6.54 Å². The van der Waals surface area contributed by atoms with Crippen LogP contribution < -0.4 is 16.0 Å². The monoisotopic (exact) mass is 247 g/mol. The number of nitrogens with one attached hydrogen (secondary N) is 3. The molecule has 3 aliphatic heterocycles. The third kappa shape index (κ3) is 2.78. The van der Waals surface area contributed by atoms with Gasteiger partial charge in [0.15, 0.2) is 0 Å². The topological polar surface area (TPSA) is 36.1 Å². The van der Waals surface area contributed by atoms with Crippen LogP contribution in [0.1, 0.15) is 38.5 Å². The Labute approximate surface area is 110 Å². The fourth-order valence-electron chi connectivity index (χ4n) is 3.53. The third-order valence-corrected chi connectivity index (χ3v) is 4.54. The maximum Gasteiger partial charge on any atom is 0.0595 e. The van der Waals surface area contributed by atoms with Crippen molar-refractivity contribution >= 4 is 0 Å². The predicted octanol–water partition coefficient (Wildman–Crippen LogP) is 1.68. The Bertz CT molecular complexity index is 318. The molecule has 0 aliphatic carbocycles. The molecule has 2 fully saturated rings. The molecule has 3 rings (SSSR count). The first-order valence-corrected chi connectivity index (χ1v) is 7.52. The van der Waals surface area contributed by atoms with Crippen LogP contribution in [0.15, 0.2) is 24.4 Å². The lowest BCUT2D eigenvalue weighted by atomic mass is 9.87. The van der Waals surface area contributed by atoms with Gasteiger partial charge in [0.1, 0.15) is 0 Å².